The summed E-state index contributed by atoms with van der Waals surface area (Å²) in [5, 5.41) is 0.434. The van der Waals surface area contributed by atoms with Crippen LogP contribution in [0.1, 0.15) is 6.42 Å². The van der Waals surface area contributed by atoms with Crippen LogP contribution >= 0.6 is 39.1 Å². The van der Waals surface area contributed by atoms with Crippen LogP contribution < -0.4 is 4.90 Å². The summed E-state index contributed by atoms with van der Waals surface area (Å²) in [5.74, 6) is 0.0231. The predicted molar refractivity (Wildman–Crippen MR) is 65.8 cm³/mol. The number of anilines is 1. The molecule has 1 unspecified atom stereocenters. The minimum absolute atomic E-state index is 0.0231. The summed E-state index contributed by atoms with van der Waals surface area (Å²) in [6, 6.07) is 5.50. The summed E-state index contributed by atoms with van der Waals surface area (Å²) in [7, 11) is 0. The Bertz CT molecular complexity index is 410. The number of carbonyl (C=O) groups excluding carboxylic acids is 1. The SMILES string of the molecule is O=C1CC(Cl)CN1c1cccc(Br)c1Cl. The molecule has 80 valence electrons. The van der Waals surface area contributed by atoms with Gasteiger partial charge in [0.2, 0.25) is 5.91 Å². The molecule has 1 amide bonds. The van der Waals surface area contributed by atoms with Crippen LogP contribution in [0.2, 0.25) is 5.02 Å². The quantitative estimate of drug-likeness (QED) is 0.728. The van der Waals surface area contributed by atoms with E-state index in [2.05, 4.69) is 15.9 Å². The fourth-order valence-electron chi connectivity index (χ4n) is 1.60. The molecule has 0 aromatic heterocycles. The standard InChI is InChI=1S/C10H8BrCl2NO/c11-7-2-1-3-8(10(7)13)14-5-6(12)4-9(14)15/h1-3,6H,4-5H2. The lowest BCUT2D eigenvalue weighted by molar-refractivity contribution is -0.117. The summed E-state index contributed by atoms with van der Waals surface area (Å²) < 4.78 is 0.785. The first-order valence-electron chi connectivity index (χ1n) is 4.48. The zero-order valence-electron chi connectivity index (χ0n) is 7.71. The van der Waals surface area contributed by atoms with Gasteiger partial charge in [-0.1, -0.05) is 17.7 Å². The van der Waals surface area contributed by atoms with Gasteiger partial charge in [0.05, 0.1) is 16.1 Å². The molecule has 0 spiro atoms. The van der Waals surface area contributed by atoms with Gasteiger partial charge in [0.25, 0.3) is 0 Å². The van der Waals surface area contributed by atoms with E-state index in [4.69, 9.17) is 23.2 Å². The molecule has 2 rings (SSSR count). The maximum absolute atomic E-state index is 11.6. The van der Waals surface area contributed by atoms with E-state index in [-0.39, 0.29) is 11.3 Å². The number of hydrogen-bond donors (Lipinski definition) is 0. The highest BCUT2D eigenvalue weighted by molar-refractivity contribution is 9.10. The third-order valence-corrected chi connectivity index (χ3v) is 3.88. The second-order valence-electron chi connectivity index (χ2n) is 3.38. The summed E-state index contributed by atoms with van der Waals surface area (Å²) in [4.78, 5) is 13.2. The molecular weight excluding hydrogens is 301 g/mol. The van der Waals surface area contributed by atoms with Crippen molar-refractivity contribution in [3.05, 3.63) is 27.7 Å². The molecule has 0 radical (unpaired) electrons. The second kappa shape index (κ2) is 4.32. The number of amides is 1. The number of alkyl halides is 1. The number of nitrogens with zero attached hydrogens (tertiary/aromatic N) is 1. The molecule has 0 bridgehead atoms. The monoisotopic (exact) mass is 307 g/mol. The van der Waals surface area contributed by atoms with E-state index in [0.717, 1.165) is 10.2 Å². The third-order valence-electron chi connectivity index (χ3n) is 2.30. The van der Waals surface area contributed by atoms with Crippen molar-refractivity contribution in [3.8, 4) is 0 Å². The van der Waals surface area contributed by atoms with Gasteiger partial charge in [0.1, 0.15) is 0 Å². The first kappa shape index (κ1) is 11.2. The molecule has 1 heterocycles. The van der Waals surface area contributed by atoms with Crippen molar-refractivity contribution in [1.82, 2.24) is 0 Å². The Labute approximate surface area is 106 Å². The van der Waals surface area contributed by atoms with Crippen LogP contribution in [0.4, 0.5) is 5.69 Å². The van der Waals surface area contributed by atoms with Gasteiger partial charge >= 0.3 is 0 Å². The zero-order valence-corrected chi connectivity index (χ0v) is 10.8. The smallest absolute Gasteiger partial charge is 0.228 e. The van der Waals surface area contributed by atoms with Gasteiger partial charge in [0.15, 0.2) is 0 Å². The number of benzene rings is 1. The van der Waals surface area contributed by atoms with Crippen molar-refractivity contribution >= 4 is 50.7 Å². The van der Waals surface area contributed by atoms with E-state index in [1.807, 2.05) is 18.2 Å². The highest BCUT2D eigenvalue weighted by atomic mass is 79.9. The van der Waals surface area contributed by atoms with E-state index in [1.54, 1.807) is 4.90 Å². The molecule has 2 nitrogen and oxygen atoms in total. The fraction of sp³-hybridized carbons (Fsp3) is 0.300. The molecule has 1 fully saturated rings. The predicted octanol–water partition coefficient (Wildman–Crippen LogP) is 3.45. The highest BCUT2D eigenvalue weighted by Crippen LogP contribution is 2.35. The Morgan fingerprint density at radius 2 is 2.20 bits per heavy atom. The minimum atomic E-state index is -0.118. The molecule has 0 N–H and O–H groups in total. The maximum atomic E-state index is 11.6. The van der Waals surface area contributed by atoms with E-state index < -0.39 is 0 Å². The topological polar surface area (TPSA) is 20.3 Å². The van der Waals surface area contributed by atoms with Crippen LogP contribution in [0.15, 0.2) is 22.7 Å². The molecule has 1 aliphatic rings. The molecule has 1 aromatic rings. The molecule has 5 heteroatoms. The number of rotatable bonds is 1. The number of hydrogen-bond acceptors (Lipinski definition) is 1. The lowest BCUT2D eigenvalue weighted by Gasteiger charge is -2.17. The van der Waals surface area contributed by atoms with Gasteiger partial charge in [-0.2, -0.15) is 0 Å². The van der Waals surface area contributed by atoms with Crippen molar-refractivity contribution in [2.75, 3.05) is 11.4 Å². The Kier molecular flexibility index (Phi) is 3.24. The summed E-state index contributed by atoms with van der Waals surface area (Å²) in [6.45, 7) is 0.524. The lowest BCUT2D eigenvalue weighted by atomic mass is 10.3. The average Bonchev–Trinajstić information content (AvgIpc) is 2.50. The normalized spacial score (nSPS) is 21.1. The van der Waals surface area contributed by atoms with Gasteiger partial charge in [-0.25, -0.2) is 0 Å². The van der Waals surface area contributed by atoms with Gasteiger partial charge in [-0.3, -0.25) is 4.79 Å². The number of halogens is 3. The van der Waals surface area contributed by atoms with Crippen LogP contribution in [-0.4, -0.2) is 17.8 Å². The van der Waals surface area contributed by atoms with Crippen molar-refractivity contribution in [1.29, 1.82) is 0 Å². The van der Waals surface area contributed by atoms with Crippen LogP contribution in [-0.2, 0) is 4.79 Å². The third kappa shape index (κ3) is 2.14. The summed E-state index contributed by atoms with van der Waals surface area (Å²) in [5.41, 5.74) is 0.721. The summed E-state index contributed by atoms with van der Waals surface area (Å²) >= 11 is 15.4. The zero-order chi connectivity index (χ0) is 11.0. The van der Waals surface area contributed by atoms with Crippen LogP contribution in [0, 0.1) is 0 Å². The van der Waals surface area contributed by atoms with E-state index in [9.17, 15) is 4.79 Å². The van der Waals surface area contributed by atoms with Gasteiger partial charge < -0.3 is 4.90 Å². The van der Waals surface area contributed by atoms with E-state index in [1.165, 1.54) is 0 Å². The van der Waals surface area contributed by atoms with Crippen molar-refractivity contribution in [2.45, 2.75) is 11.8 Å². The largest absolute Gasteiger partial charge is 0.309 e. The van der Waals surface area contributed by atoms with E-state index >= 15 is 0 Å². The van der Waals surface area contributed by atoms with Gasteiger partial charge in [0, 0.05) is 17.4 Å². The Balaban J connectivity index is 2.38. The lowest BCUT2D eigenvalue weighted by Crippen LogP contribution is -2.24. The van der Waals surface area contributed by atoms with Crippen molar-refractivity contribution in [3.63, 3.8) is 0 Å². The van der Waals surface area contributed by atoms with Crippen LogP contribution in [0.25, 0.3) is 0 Å². The van der Waals surface area contributed by atoms with E-state index in [0.29, 0.717) is 18.0 Å². The molecule has 1 aliphatic heterocycles. The van der Waals surface area contributed by atoms with Crippen molar-refractivity contribution in [2.24, 2.45) is 0 Å². The fourth-order valence-corrected chi connectivity index (χ4v) is 2.45. The Morgan fingerprint density at radius 1 is 1.47 bits per heavy atom. The molecule has 1 aromatic carbocycles. The molecule has 0 saturated carbocycles. The first-order valence-corrected chi connectivity index (χ1v) is 6.09. The first-order chi connectivity index (χ1) is 7.09. The number of carbonyl (C=O) groups is 1. The molecule has 15 heavy (non-hydrogen) atoms. The summed E-state index contributed by atoms with van der Waals surface area (Å²) in [6.07, 6.45) is 0.379. The highest BCUT2D eigenvalue weighted by Gasteiger charge is 2.30. The average molecular weight is 309 g/mol. The molecule has 0 aliphatic carbocycles. The maximum Gasteiger partial charge on any atom is 0.228 e. The molecule has 1 atom stereocenters. The molecule has 1 saturated heterocycles. The van der Waals surface area contributed by atoms with Crippen molar-refractivity contribution < 1.29 is 4.79 Å². The minimum Gasteiger partial charge on any atom is -0.309 e. The van der Waals surface area contributed by atoms with Gasteiger partial charge in [-0.05, 0) is 28.1 Å². The van der Waals surface area contributed by atoms with Gasteiger partial charge in [-0.15, -0.1) is 11.6 Å². The van der Waals surface area contributed by atoms with Crippen LogP contribution in [0.3, 0.4) is 0 Å². The van der Waals surface area contributed by atoms with Crippen LogP contribution in [0.5, 0.6) is 0 Å². The Morgan fingerprint density at radius 3 is 2.80 bits per heavy atom. The molecular formula is C10H8BrCl2NO. The Hall–Kier alpha value is -0.250. The second-order valence-corrected chi connectivity index (χ2v) is 5.23.